The van der Waals surface area contributed by atoms with Crippen molar-refractivity contribution in [2.24, 2.45) is 10.2 Å². The summed E-state index contributed by atoms with van der Waals surface area (Å²) in [4.78, 5) is 22.2. The summed E-state index contributed by atoms with van der Waals surface area (Å²) in [5.41, 5.74) is -2.40. The molecule has 0 amide bonds. The Balaban J connectivity index is 2.05. The molecule has 0 aliphatic heterocycles. The number of hydrogen-bond donors (Lipinski definition) is 2. The fourth-order valence-corrected chi connectivity index (χ4v) is 2.33. The first-order valence-corrected chi connectivity index (χ1v) is 7.41. The number of H-pyrrole nitrogens is 2. The molecule has 1 aromatic heterocycles. The molecule has 2 aromatic carbocycles. The Labute approximate surface area is 148 Å². The number of benzene rings is 2. The maximum Gasteiger partial charge on any atom is 0.418 e. The highest BCUT2D eigenvalue weighted by atomic mass is 19.4. The van der Waals surface area contributed by atoms with Crippen LogP contribution >= 0.6 is 0 Å². The van der Waals surface area contributed by atoms with Crippen LogP contribution in [0.1, 0.15) is 5.56 Å². The number of nitrogens with one attached hydrogen (secondary N) is 2. The van der Waals surface area contributed by atoms with E-state index >= 15 is 0 Å². The SMILES string of the molecule is O=c1[nH][nH]c(-c2cccc([N+](=O)[O-])c2)c1N=Nc1ccccc1C(F)(F)F. The Hall–Kier alpha value is -3.76. The molecule has 0 atom stereocenters. The van der Waals surface area contributed by atoms with Crippen LogP contribution in [0.2, 0.25) is 0 Å². The van der Waals surface area contributed by atoms with Crippen LogP contribution in [0.15, 0.2) is 63.6 Å². The Morgan fingerprint density at radius 3 is 2.44 bits per heavy atom. The van der Waals surface area contributed by atoms with E-state index in [2.05, 4.69) is 20.4 Å². The minimum absolute atomic E-state index is 0.0666. The van der Waals surface area contributed by atoms with Gasteiger partial charge in [-0.3, -0.25) is 25.1 Å². The van der Waals surface area contributed by atoms with Crippen molar-refractivity contribution in [2.45, 2.75) is 6.18 Å². The number of halogens is 3. The van der Waals surface area contributed by atoms with Crippen LogP contribution in [0, 0.1) is 10.1 Å². The second-order valence-electron chi connectivity index (χ2n) is 5.33. The number of nitrogens with zero attached hydrogens (tertiary/aromatic N) is 3. The van der Waals surface area contributed by atoms with Crippen LogP contribution in [0.4, 0.5) is 30.2 Å². The standard InChI is InChI=1S/C16H10F3N5O3/c17-16(18,19)11-6-1-2-7-12(11)20-22-14-13(21-23-15(14)25)9-4-3-5-10(8-9)24(26)27/h1-8H,(H2,21,23,25). The molecule has 11 heteroatoms. The highest BCUT2D eigenvalue weighted by Gasteiger charge is 2.33. The van der Waals surface area contributed by atoms with Gasteiger partial charge in [0.2, 0.25) is 0 Å². The molecular weight excluding hydrogens is 367 g/mol. The monoisotopic (exact) mass is 377 g/mol. The zero-order valence-corrected chi connectivity index (χ0v) is 13.3. The predicted octanol–water partition coefficient (Wildman–Crippen LogP) is 4.71. The minimum atomic E-state index is -4.64. The van der Waals surface area contributed by atoms with Gasteiger partial charge in [-0.25, -0.2) is 0 Å². The first-order valence-electron chi connectivity index (χ1n) is 7.41. The van der Waals surface area contributed by atoms with E-state index < -0.39 is 27.9 Å². The van der Waals surface area contributed by atoms with Crippen LogP contribution in [0.5, 0.6) is 0 Å². The summed E-state index contributed by atoms with van der Waals surface area (Å²) in [6.45, 7) is 0. The quantitative estimate of drug-likeness (QED) is 0.389. The highest BCUT2D eigenvalue weighted by Crippen LogP contribution is 2.37. The molecule has 0 saturated carbocycles. The first-order chi connectivity index (χ1) is 12.8. The molecule has 27 heavy (non-hydrogen) atoms. The molecule has 0 unspecified atom stereocenters. The van der Waals surface area contributed by atoms with Crippen molar-refractivity contribution in [1.82, 2.24) is 10.2 Å². The molecule has 3 rings (SSSR count). The van der Waals surface area contributed by atoms with Gasteiger partial charge >= 0.3 is 6.18 Å². The number of aromatic amines is 2. The number of rotatable bonds is 4. The zero-order chi connectivity index (χ0) is 19.6. The van der Waals surface area contributed by atoms with Crippen LogP contribution < -0.4 is 5.56 Å². The Morgan fingerprint density at radius 1 is 1.00 bits per heavy atom. The summed E-state index contributed by atoms with van der Waals surface area (Å²) >= 11 is 0. The summed E-state index contributed by atoms with van der Waals surface area (Å²) in [6.07, 6.45) is -4.64. The lowest BCUT2D eigenvalue weighted by Crippen LogP contribution is -2.04. The van der Waals surface area contributed by atoms with E-state index in [1.165, 1.54) is 36.4 Å². The molecule has 3 aromatic rings. The van der Waals surface area contributed by atoms with Gasteiger partial charge in [-0.05, 0) is 12.1 Å². The van der Waals surface area contributed by atoms with Gasteiger partial charge in [0.1, 0.15) is 0 Å². The smallest absolute Gasteiger partial charge is 0.295 e. The zero-order valence-electron chi connectivity index (χ0n) is 13.3. The molecule has 0 fully saturated rings. The number of non-ortho nitro benzene ring substituents is 1. The lowest BCUT2D eigenvalue weighted by Gasteiger charge is -2.08. The van der Waals surface area contributed by atoms with Crippen molar-refractivity contribution in [1.29, 1.82) is 0 Å². The number of azo groups is 1. The molecule has 0 aliphatic rings. The fraction of sp³-hybridized carbons (Fsp3) is 0.0625. The van der Waals surface area contributed by atoms with E-state index in [9.17, 15) is 28.1 Å². The maximum absolute atomic E-state index is 13.0. The van der Waals surface area contributed by atoms with Gasteiger partial charge < -0.3 is 0 Å². The first kappa shape index (κ1) is 18.0. The van der Waals surface area contributed by atoms with Gasteiger partial charge in [0, 0.05) is 17.7 Å². The van der Waals surface area contributed by atoms with Crippen molar-refractivity contribution in [3.8, 4) is 11.3 Å². The molecule has 0 spiro atoms. The van der Waals surface area contributed by atoms with Gasteiger partial charge in [0.15, 0.2) is 5.69 Å². The average molecular weight is 377 g/mol. The van der Waals surface area contributed by atoms with Crippen molar-refractivity contribution in [3.63, 3.8) is 0 Å². The summed E-state index contributed by atoms with van der Waals surface area (Å²) in [6, 6.07) is 9.85. The number of hydrogen-bond acceptors (Lipinski definition) is 5. The molecule has 0 bridgehead atoms. The molecule has 8 nitrogen and oxygen atoms in total. The van der Waals surface area contributed by atoms with Crippen molar-refractivity contribution in [3.05, 3.63) is 74.6 Å². The Morgan fingerprint density at radius 2 is 1.74 bits per heavy atom. The van der Waals surface area contributed by atoms with Crippen LogP contribution in [0.25, 0.3) is 11.3 Å². The molecule has 2 N–H and O–H groups in total. The fourth-order valence-electron chi connectivity index (χ4n) is 2.33. The second kappa shape index (κ2) is 6.86. The number of aromatic nitrogens is 2. The summed E-state index contributed by atoms with van der Waals surface area (Å²) in [5, 5.41) is 22.8. The van der Waals surface area contributed by atoms with Gasteiger partial charge in [-0.15, -0.1) is 10.2 Å². The predicted molar refractivity (Wildman–Crippen MR) is 89.1 cm³/mol. The second-order valence-corrected chi connectivity index (χ2v) is 5.33. The van der Waals surface area contributed by atoms with Crippen molar-refractivity contribution < 1.29 is 18.1 Å². The van der Waals surface area contributed by atoms with E-state index in [-0.39, 0.29) is 22.6 Å². The summed E-state index contributed by atoms with van der Waals surface area (Å²) in [7, 11) is 0. The molecule has 0 saturated heterocycles. The average Bonchev–Trinajstić information content (AvgIpc) is 3.00. The van der Waals surface area contributed by atoms with Gasteiger partial charge in [-0.2, -0.15) is 13.2 Å². The minimum Gasteiger partial charge on any atom is -0.295 e. The van der Waals surface area contributed by atoms with Gasteiger partial charge in [-0.1, -0.05) is 24.3 Å². The van der Waals surface area contributed by atoms with Crippen LogP contribution in [-0.4, -0.2) is 15.1 Å². The Kier molecular flexibility index (Phi) is 4.59. The van der Waals surface area contributed by atoms with Gasteiger partial charge in [0.05, 0.1) is 21.9 Å². The molecule has 0 radical (unpaired) electrons. The topological polar surface area (TPSA) is 117 Å². The summed E-state index contributed by atoms with van der Waals surface area (Å²) < 4.78 is 39.1. The van der Waals surface area contributed by atoms with E-state index in [0.29, 0.717) is 0 Å². The van der Waals surface area contributed by atoms with E-state index in [0.717, 1.165) is 12.1 Å². The molecule has 1 heterocycles. The number of alkyl halides is 3. The molecular formula is C16H10F3N5O3. The van der Waals surface area contributed by atoms with Crippen molar-refractivity contribution in [2.75, 3.05) is 0 Å². The lowest BCUT2D eigenvalue weighted by atomic mass is 10.1. The van der Waals surface area contributed by atoms with E-state index in [4.69, 9.17) is 0 Å². The normalized spacial score (nSPS) is 11.8. The van der Waals surface area contributed by atoms with Gasteiger partial charge in [0.25, 0.3) is 11.2 Å². The summed E-state index contributed by atoms with van der Waals surface area (Å²) in [5.74, 6) is 0. The van der Waals surface area contributed by atoms with E-state index in [1.54, 1.807) is 0 Å². The number of nitro benzene ring substituents is 1. The van der Waals surface area contributed by atoms with Crippen molar-refractivity contribution >= 4 is 17.1 Å². The molecule has 0 aliphatic carbocycles. The lowest BCUT2D eigenvalue weighted by molar-refractivity contribution is -0.384. The third-order valence-corrected chi connectivity index (χ3v) is 3.57. The number of nitro groups is 1. The highest BCUT2D eigenvalue weighted by molar-refractivity contribution is 5.72. The van der Waals surface area contributed by atoms with Crippen LogP contribution in [0.3, 0.4) is 0 Å². The largest absolute Gasteiger partial charge is 0.418 e. The maximum atomic E-state index is 13.0. The Bertz CT molecular complexity index is 1090. The third kappa shape index (κ3) is 3.76. The third-order valence-electron chi connectivity index (χ3n) is 3.57. The van der Waals surface area contributed by atoms with Crippen LogP contribution in [-0.2, 0) is 6.18 Å². The van der Waals surface area contributed by atoms with E-state index in [1.807, 2.05) is 0 Å². The molecule has 138 valence electrons.